The van der Waals surface area contributed by atoms with Crippen LogP contribution in [0, 0.1) is 20.2 Å². The molecule has 1 N–H and O–H groups in total. The molecule has 2 rings (SSSR count). The van der Waals surface area contributed by atoms with Gasteiger partial charge in [-0.3, -0.25) is 29.7 Å². The highest BCUT2D eigenvalue weighted by molar-refractivity contribution is 5.98. The summed E-state index contributed by atoms with van der Waals surface area (Å²) in [6.07, 6.45) is 2.33. The number of nitro benzene ring substituents is 1. The van der Waals surface area contributed by atoms with E-state index in [4.69, 9.17) is 0 Å². The summed E-state index contributed by atoms with van der Waals surface area (Å²) in [6.45, 7) is 0.337. The first-order chi connectivity index (χ1) is 10.5. The number of aromatic nitrogens is 2. The molecule has 10 heteroatoms. The Morgan fingerprint density at radius 1 is 1.23 bits per heavy atom. The van der Waals surface area contributed by atoms with Crippen molar-refractivity contribution >= 4 is 17.3 Å². The lowest BCUT2D eigenvalue weighted by Gasteiger charge is -2.05. The number of benzene rings is 1. The molecule has 0 aliphatic carbocycles. The largest absolute Gasteiger partial charge is 0.350 e. The van der Waals surface area contributed by atoms with Crippen molar-refractivity contribution in [1.82, 2.24) is 15.1 Å². The summed E-state index contributed by atoms with van der Waals surface area (Å²) in [6, 6.07) is 5.59. The normalized spacial score (nSPS) is 10.2. The molecule has 0 unspecified atom stereocenters. The molecule has 1 aromatic heterocycles. The second-order valence-electron chi connectivity index (χ2n) is 4.25. The van der Waals surface area contributed by atoms with Gasteiger partial charge in [-0.25, -0.2) is 0 Å². The van der Waals surface area contributed by atoms with Crippen LogP contribution in [0.3, 0.4) is 0 Å². The molecule has 0 aliphatic rings. The summed E-state index contributed by atoms with van der Waals surface area (Å²) < 4.78 is 1.30. The van der Waals surface area contributed by atoms with E-state index in [1.54, 1.807) is 0 Å². The molecular weight excluding hydrogens is 294 g/mol. The fraction of sp³-hybridized carbons (Fsp3) is 0.167. The van der Waals surface area contributed by atoms with E-state index in [9.17, 15) is 25.0 Å². The highest BCUT2D eigenvalue weighted by atomic mass is 16.6. The molecule has 114 valence electrons. The van der Waals surface area contributed by atoms with Crippen LogP contribution in [-0.4, -0.2) is 32.1 Å². The lowest BCUT2D eigenvalue weighted by atomic mass is 10.1. The predicted molar refractivity (Wildman–Crippen MR) is 74.3 cm³/mol. The van der Waals surface area contributed by atoms with Crippen molar-refractivity contribution < 1.29 is 14.6 Å². The average molecular weight is 305 g/mol. The Hall–Kier alpha value is -3.30. The van der Waals surface area contributed by atoms with Gasteiger partial charge in [0.2, 0.25) is 0 Å². The fourth-order valence-corrected chi connectivity index (χ4v) is 1.77. The highest BCUT2D eigenvalue weighted by Crippen LogP contribution is 2.17. The van der Waals surface area contributed by atoms with Gasteiger partial charge in [0.05, 0.1) is 16.4 Å². The van der Waals surface area contributed by atoms with Crippen LogP contribution in [-0.2, 0) is 6.54 Å². The van der Waals surface area contributed by atoms with Gasteiger partial charge >= 0.3 is 5.69 Å². The second kappa shape index (κ2) is 6.43. The third-order valence-electron chi connectivity index (χ3n) is 2.80. The molecular formula is C12H11N5O5. The number of nitro groups is 2. The maximum absolute atomic E-state index is 11.9. The summed E-state index contributed by atoms with van der Waals surface area (Å²) >= 11 is 0. The van der Waals surface area contributed by atoms with Crippen molar-refractivity contribution in [2.24, 2.45) is 0 Å². The monoisotopic (exact) mass is 305 g/mol. The maximum atomic E-state index is 11.9. The quantitative estimate of drug-likeness (QED) is 0.628. The van der Waals surface area contributed by atoms with Gasteiger partial charge in [0.15, 0.2) is 0 Å². The number of hydrogen-bond acceptors (Lipinski definition) is 6. The molecule has 22 heavy (non-hydrogen) atoms. The number of carbonyl (C=O) groups is 1. The first-order valence-corrected chi connectivity index (χ1v) is 6.17. The zero-order valence-electron chi connectivity index (χ0n) is 11.2. The van der Waals surface area contributed by atoms with Gasteiger partial charge in [-0.15, -0.1) is 0 Å². The maximum Gasteiger partial charge on any atom is 0.306 e. The molecule has 0 aliphatic heterocycles. The van der Waals surface area contributed by atoms with Crippen LogP contribution >= 0.6 is 0 Å². The third-order valence-corrected chi connectivity index (χ3v) is 2.80. The molecule has 0 radical (unpaired) electrons. The predicted octanol–water partition coefficient (Wildman–Crippen LogP) is 1.13. The van der Waals surface area contributed by atoms with Crippen LogP contribution in [0.2, 0.25) is 0 Å². The van der Waals surface area contributed by atoms with Gasteiger partial charge in [-0.1, -0.05) is 12.1 Å². The molecule has 10 nitrogen and oxygen atoms in total. The molecule has 0 spiro atoms. The lowest BCUT2D eigenvalue weighted by molar-refractivity contribution is -0.385. The van der Waals surface area contributed by atoms with E-state index < -0.39 is 15.8 Å². The first-order valence-electron chi connectivity index (χ1n) is 6.17. The zero-order valence-corrected chi connectivity index (χ0v) is 11.2. The van der Waals surface area contributed by atoms with E-state index >= 15 is 0 Å². The van der Waals surface area contributed by atoms with Crippen molar-refractivity contribution in [3.63, 3.8) is 0 Å². The number of rotatable bonds is 6. The van der Waals surface area contributed by atoms with Crippen molar-refractivity contribution in [1.29, 1.82) is 0 Å². The fourth-order valence-electron chi connectivity index (χ4n) is 1.77. The smallest absolute Gasteiger partial charge is 0.306 e. The van der Waals surface area contributed by atoms with Crippen LogP contribution in [0.25, 0.3) is 0 Å². The summed E-state index contributed by atoms with van der Waals surface area (Å²) in [4.78, 5) is 32.0. The van der Waals surface area contributed by atoms with Gasteiger partial charge in [0.25, 0.3) is 11.6 Å². The molecule has 0 saturated heterocycles. The lowest BCUT2D eigenvalue weighted by Crippen LogP contribution is -2.27. The van der Waals surface area contributed by atoms with Gasteiger partial charge < -0.3 is 5.32 Å². The van der Waals surface area contributed by atoms with E-state index in [2.05, 4.69) is 10.4 Å². The number of carbonyl (C=O) groups excluding carboxylic acids is 1. The minimum atomic E-state index is -0.633. The Morgan fingerprint density at radius 2 is 1.95 bits per heavy atom. The summed E-state index contributed by atoms with van der Waals surface area (Å²) in [5.41, 5.74) is -0.473. The molecule has 1 heterocycles. The van der Waals surface area contributed by atoms with Gasteiger partial charge in [0.1, 0.15) is 18.0 Å². The van der Waals surface area contributed by atoms with Crippen LogP contribution in [0.4, 0.5) is 11.4 Å². The number of para-hydroxylation sites is 1. The van der Waals surface area contributed by atoms with Crippen LogP contribution in [0.1, 0.15) is 10.4 Å². The Labute approximate surface area is 123 Å². The molecule has 2 aromatic rings. The Balaban J connectivity index is 1.95. The zero-order chi connectivity index (χ0) is 16.1. The Kier molecular flexibility index (Phi) is 4.41. The van der Waals surface area contributed by atoms with E-state index in [-0.39, 0.29) is 30.0 Å². The number of hydrogen-bond donors (Lipinski definition) is 1. The standard InChI is InChI=1S/C12H11N5O5/c18-12(10-3-1-2-4-11(10)17(21)22)13-5-6-15-8-9(7-14-15)16(19)20/h1-4,7-8H,5-6H2,(H,13,18). The summed E-state index contributed by atoms with van der Waals surface area (Å²) in [5.74, 6) is -0.589. The topological polar surface area (TPSA) is 133 Å². The minimum Gasteiger partial charge on any atom is -0.350 e. The van der Waals surface area contributed by atoms with Gasteiger partial charge in [-0.05, 0) is 6.07 Å². The molecule has 0 atom stereocenters. The second-order valence-corrected chi connectivity index (χ2v) is 4.25. The SMILES string of the molecule is O=C(NCCn1cc([N+](=O)[O-])cn1)c1ccccc1[N+](=O)[O-]. The van der Waals surface area contributed by atoms with Gasteiger partial charge in [0, 0.05) is 12.6 Å². The number of nitrogens with one attached hydrogen (secondary N) is 1. The molecule has 0 fully saturated rings. The van der Waals surface area contributed by atoms with Crippen LogP contribution in [0.5, 0.6) is 0 Å². The van der Waals surface area contributed by atoms with Gasteiger partial charge in [-0.2, -0.15) is 5.10 Å². The Morgan fingerprint density at radius 3 is 2.59 bits per heavy atom. The van der Waals surface area contributed by atoms with E-state index in [0.717, 1.165) is 6.20 Å². The molecule has 1 aromatic carbocycles. The number of amides is 1. The summed E-state index contributed by atoms with van der Waals surface area (Å²) in [5, 5.41) is 27.6. The van der Waals surface area contributed by atoms with E-state index in [0.29, 0.717) is 0 Å². The van der Waals surface area contributed by atoms with Crippen molar-refractivity contribution in [3.05, 3.63) is 62.5 Å². The third kappa shape index (κ3) is 3.42. The first kappa shape index (κ1) is 15.1. The molecule has 0 bridgehead atoms. The average Bonchev–Trinajstić information content (AvgIpc) is 2.96. The van der Waals surface area contributed by atoms with Crippen molar-refractivity contribution in [3.8, 4) is 0 Å². The minimum absolute atomic E-state index is 0.0426. The summed E-state index contributed by atoms with van der Waals surface area (Å²) in [7, 11) is 0. The van der Waals surface area contributed by atoms with Crippen LogP contribution in [0.15, 0.2) is 36.7 Å². The Bertz CT molecular complexity index is 726. The molecule has 1 amide bonds. The van der Waals surface area contributed by atoms with E-state index in [1.807, 2.05) is 0 Å². The van der Waals surface area contributed by atoms with Crippen molar-refractivity contribution in [2.45, 2.75) is 6.54 Å². The highest BCUT2D eigenvalue weighted by Gasteiger charge is 2.18. The number of nitrogens with zero attached hydrogens (tertiary/aromatic N) is 4. The van der Waals surface area contributed by atoms with E-state index in [1.165, 1.54) is 35.1 Å². The van der Waals surface area contributed by atoms with Crippen LogP contribution < -0.4 is 5.32 Å². The molecule has 0 saturated carbocycles. The van der Waals surface area contributed by atoms with Crippen molar-refractivity contribution in [2.75, 3.05) is 6.54 Å².